The van der Waals surface area contributed by atoms with Gasteiger partial charge in [0.25, 0.3) is 0 Å². The van der Waals surface area contributed by atoms with Crippen LogP contribution in [0, 0.1) is 0 Å². The summed E-state index contributed by atoms with van der Waals surface area (Å²) in [6, 6.07) is 8.10. The van der Waals surface area contributed by atoms with Crippen LogP contribution in [0.5, 0.6) is 0 Å². The molecule has 0 atom stereocenters. The highest BCUT2D eigenvalue weighted by Gasteiger charge is 2.29. The van der Waals surface area contributed by atoms with Gasteiger partial charge in [-0.1, -0.05) is 18.2 Å². The summed E-state index contributed by atoms with van der Waals surface area (Å²) in [6.07, 6.45) is 4.66. The number of hydrogen-bond acceptors (Lipinski definition) is 3. The molecule has 1 aliphatic rings. The molecule has 1 saturated carbocycles. The van der Waals surface area contributed by atoms with Gasteiger partial charge in [0.1, 0.15) is 5.82 Å². The predicted molar refractivity (Wildman–Crippen MR) is 88.2 cm³/mol. The first kappa shape index (κ1) is 14.0. The fourth-order valence-electron chi connectivity index (χ4n) is 3.06. The van der Waals surface area contributed by atoms with E-state index in [1.54, 1.807) is 0 Å². The van der Waals surface area contributed by atoms with E-state index in [-0.39, 0.29) is 5.91 Å². The van der Waals surface area contributed by atoms with Crippen LogP contribution in [0.4, 0.5) is 5.95 Å². The van der Waals surface area contributed by atoms with Gasteiger partial charge in [-0.3, -0.25) is 10.1 Å². The van der Waals surface area contributed by atoms with Crippen molar-refractivity contribution in [1.82, 2.24) is 19.3 Å². The van der Waals surface area contributed by atoms with E-state index in [2.05, 4.69) is 21.6 Å². The first-order valence-electron chi connectivity index (χ1n) is 7.85. The minimum atomic E-state index is -0.0702. The van der Waals surface area contributed by atoms with Crippen LogP contribution in [0.2, 0.25) is 0 Å². The molecule has 1 amide bonds. The van der Waals surface area contributed by atoms with Gasteiger partial charge in [0.2, 0.25) is 11.9 Å². The van der Waals surface area contributed by atoms with Crippen molar-refractivity contribution in [2.45, 2.75) is 25.2 Å². The summed E-state index contributed by atoms with van der Waals surface area (Å²) in [7, 11) is 3.90. The summed E-state index contributed by atoms with van der Waals surface area (Å²) in [5.41, 5.74) is 2.15. The molecule has 118 valence electrons. The number of anilines is 1. The largest absolute Gasteiger partial charge is 0.350 e. The normalized spacial score (nSPS) is 14.3. The Balaban J connectivity index is 1.53. The number of hydrogen-bond donors (Lipinski definition) is 1. The molecule has 0 bridgehead atoms. The molecule has 2 aromatic heterocycles. The number of nitrogens with zero attached hydrogens (tertiary/aromatic N) is 4. The molecule has 1 fully saturated rings. The number of amides is 1. The van der Waals surface area contributed by atoms with Crippen LogP contribution >= 0.6 is 0 Å². The van der Waals surface area contributed by atoms with Crippen LogP contribution in [-0.2, 0) is 25.3 Å². The summed E-state index contributed by atoms with van der Waals surface area (Å²) in [5.74, 6) is 1.93. The van der Waals surface area contributed by atoms with Crippen LogP contribution in [0.15, 0.2) is 30.5 Å². The van der Waals surface area contributed by atoms with Crippen molar-refractivity contribution in [2.24, 2.45) is 14.1 Å². The molecule has 1 aromatic carbocycles. The summed E-state index contributed by atoms with van der Waals surface area (Å²) >= 11 is 0. The van der Waals surface area contributed by atoms with Crippen LogP contribution in [0.25, 0.3) is 10.9 Å². The Bertz CT molecular complexity index is 888. The van der Waals surface area contributed by atoms with Crippen molar-refractivity contribution in [3.8, 4) is 0 Å². The van der Waals surface area contributed by atoms with Crippen LogP contribution < -0.4 is 5.32 Å². The molecular weight excluding hydrogens is 290 g/mol. The third-order valence-electron chi connectivity index (χ3n) is 4.43. The number of rotatable bonds is 4. The van der Waals surface area contributed by atoms with Gasteiger partial charge in [-0.25, -0.2) is 0 Å². The maximum absolute atomic E-state index is 12.4. The van der Waals surface area contributed by atoms with E-state index in [0.717, 1.165) is 35.1 Å². The third kappa shape index (κ3) is 2.50. The van der Waals surface area contributed by atoms with Crippen molar-refractivity contribution in [1.29, 1.82) is 0 Å². The Kier molecular flexibility index (Phi) is 3.18. The number of fused-ring (bicyclic) bond motifs is 1. The summed E-state index contributed by atoms with van der Waals surface area (Å²) in [5, 5.41) is 12.3. The highest BCUT2D eigenvalue weighted by atomic mass is 16.1. The van der Waals surface area contributed by atoms with Crippen molar-refractivity contribution in [2.75, 3.05) is 5.32 Å². The van der Waals surface area contributed by atoms with E-state index in [1.807, 2.05) is 47.6 Å². The fraction of sp³-hybridized carbons (Fsp3) is 0.353. The third-order valence-corrected chi connectivity index (χ3v) is 4.43. The molecule has 1 N–H and O–H groups in total. The van der Waals surface area contributed by atoms with E-state index in [1.165, 1.54) is 0 Å². The van der Waals surface area contributed by atoms with Crippen molar-refractivity contribution in [3.63, 3.8) is 0 Å². The minimum absolute atomic E-state index is 0.0702. The number of para-hydroxylation sites is 1. The molecular formula is C17H19N5O. The molecule has 2 heterocycles. The average molecular weight is 309 g/mol. The fourth-order valence-corrected chi connectivity index (χ4v) is 3.06. The van der Waals surface area contributed by atoms with E-state index in [0.29, 0.717) is 18.3 Å². The van der Waals surface area contributed by atoms with E-state index >= 15 is 0 Å². The maximum Gasteiger partial charge on any atom is 0.231 e. The second-order valence-corrected chi connectivity index (χ2v) is 6.22. The topological polar surface area (TPSA) is 64.7 Å². The summed E-state index contributed by atoms with van der Waals surface area (Å²) in [6.45, 7) is 0. The summed E-state index contributed by atoms with van der Waals surface area (Å²) in [4.78, 5) is 12.4. The zero-order valence-corrected chi connectivity index (χ0v) is 13.3. The number of carbonyl (C=O) groups excluding carboxylic acids is 1. The van der Waals surface area contributed by atoms with Gasteiger partial charge in [-0.2, -0.15) is 0 Å². The molecule has 6 heteroatoms. The Hall–Kier alpha value is -2.63. The predicted octanol–water partition coefficient (Wildman–Crippen LogP) is 2.37. The van der Waals surface area contributed by atoms with Crippen molar-refractivity contribution >= 4 is 22.8 Å². The smallest absolute Gasteiger partial charge is 0.231 e. The first-order valence-corrected chi connectivity index (χ1v) is 7.85. The van der Waals surface area contributed by atoms with Crippen molar-refractivity contribution < 1.29 is 4.79 Å². The highest BCUT2D eigenvalue weighted by molar-refractivity contribution is 5.95. The lowest BCUT2D eigenvalue weighted by molar-refractivity contribution is -0.115. The highest BCUT2D eigenvalue weighted by Crippen LogP contribution is 2.39. The monoisotopic (exact) mass is 309 g/mol. The Labute approximate surface area is 134 Å². The molecule has 4 rings (SSSR count). The molecule has 23 heavy (non-hydrogen) atoms. The number of aromatic nitrogens is 4. The van der Waals surface area contributed by atoms with Gasteiger partial charge in [0, 0.05) is 37.1 Å². The van der Waals surface area contributed by atoms with Gasteiger partial charge < -0.3 is 9.13 Å². The second-order valence-electron chi connectivity index (χ2n) is 6.22. The molecule has 3 aromatic rings. The molecule has 0 radical (unpaired) electrons. The van der Waals surface area contributed by atoms with Gasteiger partial charge >= 0.3 is 0 Å². The minimum Gasteiger partial charge on any atom is -0.350 e. The first-order chi connectivity index (χ1) is 11.1. The van der Waals surface area contributed by atoms with E-state index in [4.69, 9.17) is 0 Å². The molecule has 1 aliphatic carbocycles. The zero-order valence-electron chi connectivity index (χ0n) is 13.3. The lowest BCUT2D eigenvalue weighted by Gasteiger charge is -2.05. The number of aryl methyl sites for hydroxylation is 1. The quantitative estimate of drug-likeness (QED) is 0.804. The Morgan fingerprint density at radius 2 is 2.04 bits per heavy atom. The maximum atomic E-state index is 12.4. The lowest BCUT2D eigenvalue weighted by atomic mass is 10.1. The molecule has 0 unspecified atom stereocenters. The number of carbonyl (C=O) groups is 1. The lowest BCUT2D eigenvalue weighted by Crippen LogP contribution is -2.17. The Morgan fingerprint density at radius 1 is 1.26 bits per heavy atom. The molecule has 0 saturated heterocycles. The van der Waals surface area contributed by atoms with E-state index in [9.17, 15) is 4.79 Å². The van der Waals surface area contributed by atoms with Crippen molar-refractivity contribution in [3.05, 3.63) is 41.9 Å². The molecule has 0 spiro atoms. The van der Waals surface area contributed by atoms with Gasteiger partial charge in [-0.05, 0) is 24.5 Å². The number of benzene rings is 1. The standard InChI is InChI=1S/C17H19N5O/c1-21-10-12(13-5-3-4-6-14(13)21)9-15(23)18-17-20-19-16(22(17)2)11-7-8-11/h3-6,10-11H,7-9H2,1-2H3,(H,18,20,23). The SMILES string of the molecule is Cn1c(NC(=O)Cc2cn(C)c3ccccc23)nnc1C1CC1. The van der Waals surface area contributed by atoms with Crippen LogP contribution in [0.1, 0.15) is 30.1 Å². The van der Waals surface area contributed by atoms with Crippen LogP contribution in [0.3, 0.4) is 0 Å². The summed E-state index contributed by atoms with van der Waals surface area (Å²) < 4.78 is 3.93. The van der Waals surface area contributed by atoms with Gasteiger partial charge in [-0.15, -0.1) is 10.2 Å². The molecule has 0 aliphatic heterocycles. The Morgan fingerprint density at radius 3 is 2.83 bits per heavy atom. The second kappa shape index (κ2) is 5.22. The molecule has 6 nitrogen and oxygen atoms in total. The number of nitrogens with one attached hydrogen (secondary N) is 1. The zero-order chi connectivity index (χ0) is 16.0. The average Bonchev–Trinajstić information content (AvgIpc) is 3.25. The van der Waals surface area contributed by atoms with Crippen LogP contribution in [-0.4, -0.2) is 25.2 Å². The van der Waals surface area contributed by atoms with Gasteiger partial charge in [0.05, 0.1) is 6.42 Å². The van der Waals surface area contributed by atoms with Gasteiger partial charge in [0.15, 0.2) is 0 Å². The van der Waals surface area contributed by atoms with E-state index < -0.39 is 0 Å².